The smallest absolute Gasteiger partial charge is 0.338 e. The Morgan fingerprint density at radius 2 is 2.15 bits per heavy atom. The largest absolute Gasteiger partial charge is 0.466 e. The van der Waals surface area contributed by atoms with Crippen LogP contribution in [0.25, 0.3) is 6.08 Å². The van der Waals surface area contributed by atoms with Gasteiger partial charge in [0, 0.05) is 23.8 Å². The Hall–Kier alpha value is -2.71. The van der Waals surface area contributed by atoms with E-state index in [2.05, 4.69) is 4.99 Å². The number of carbonyl (C=O) groups is 1. The number of thiazole rings is 1. The van der Waals surface area contributed by atoms with Crippen molar-refractivity contribution in [1.82, 2.24) is 9.13 Å². The molecule has 138 valence electrons. The summed E-state index contributed by atoms with van der Waals surface area (Å²) in [7, 11) is 3.27. The molecule has 3 aromatic heterocycles. The first kappa shape index (κ1) is 17.7. The second kappa shape index (κ2) is 6.79. The average Bonchev–Trinajstić information content (AvgIpc) is 3.37. The van der Waals surface area contributed by atoms with Gasteiger partial charge in [-0.3, -0.25) is 9.36 Å². The molecule has 0 spiro atoms. The van der Waals surface area contributed by atoms with Crippen molar-refractivity contribution in [2.45, 2.75) is 13.0 Å². The standard InChI is InChI=1S/C19H17N3O3S2/c1-11-15(18(24)25-3)16(13-7-5-9-26-13)22-17(23)14(27-19(22)20-11)10-12-6-4-8-21(12)2/h4-10,16H,1-3H3. The van der Waals surface area contributed by atoms with Crippen LogP contribution in [-0.4, -0.2) is 22.2 Å². The quantitative estimate of drug-likeness (QED) is 0.631. The number of fused-ring (bicyclic) bond motifs is 1. The van der Waals surface area contributed by atoms with Crippen molar-refractivity contribution >= 4 is 34.7 Å². The third-order valence-corrected chi connectivity index (χ3v) is 6.41. The topological polar surface area (TPSA) is 65.6 Å². The second-order valence-corrected chi connectivity index (χ2v) is 8.12. The lowest BCUT2D eigenvalue weighted by atomic mass is 10.0. The molecule has 0 bridgehead atoms. The van der Waals surface area contributed by atoms with Crippen molar-refractivity contribution in [3.8, 4) is 0 Å². The summed E-state index contributed by atoms with van der Waals surface area (Å²) in [4.78, 5) is 31.7. The molecule has 4 heterocycles. The fourth-order valence-corrected chi connectivity index (χ4v) is 5.02. The number of aryl methyl sites for hydroxylation is 1. The monoisotopic (exact) mass is 399 g/mol. The van der Waals surface area contributed by atoms with Crippen molar-refractivity contribution in [2.75, 3.05) is 7.11 Å². The first-order valence-electron chi connectivity index (χ1n) is 8.27. The maximum absolute atomic E-state index is 13.2. The van der Waals surface area contributed by atoms with Gasteiger partial charge in [0.05, 0.1) is 22.9 Å². The summed E-state index contributed by atoms with van der Waals surface area (Å²) < 4.78 is 9.10. The number of aromatic nitrogens is 2. The van der Waals surface area contributed by atoms with Gasteiger partial charge in [0.1, 0.15) is 6.04 Å². The predicted octanol–water partition coefficient (Wildman–Crippen LogP) is 1.81. The molecule has 1 aliphatic rings. The molecule has 1 unspecified atom stereocenters. The molecule has 0 N–H and O–H groups in total. The molecule has 0 aliphatic carbocycles. The summed E-state index contributed by atoms with van der Waals surface area (Å²) in [5.41, 5.74) is 1.74. The number of esters is 1. The molecule has 6 nitrogen and oxygen atoms in total. The lowest BCUT2D eigenvalue weighted by Gasteiger charge is -2.22. The molecule has 0 amide bonds. The Morgan fingerprint density at radius 1 is 1.33 bits per heavy atom. The minimum Gasteiger partial charge on any atom is -0.466 e. The maximum Gasteiger partial charge on any atom is 0.338 e. The number of ether oxygens (including phenoxy) is 1. The SMILES string of the molecule is COC(=O)C1=C(C)N=c2sc(=Cc3cccn3C)c(=O)n2C1c1cccs1. The van der Waals surface area contributed by atoms with Gasteiger partial charge in [-0.05, 0) is 36.6 Å². The van der Waals surface area contributed by atoms with E-state index in [9.17, 15) is 9.59 Å². The van der Waals surface area contributed by atoms with Crippen LogP contribution in [0, 0.1) is 0 Å². The van der Waals surface area contributed by atoms with Crippen LogP contribution in [0.3, 0.4) is 0 Å². The van der Waals surface area contributed by atoms with Crippen LogP contribution in [0.2, 0.25) is 0 Å². The molecule has 0 saturated heterocycles. The van der Waals surface area contributed by atoms with Crippen molar-refractivity contribution in [3.63, 3.8) is 0 Å². The van der Waals surface area contributed by atoms with Gasteiger partial charge in [-0.15, -0.1) is 11.3 Å². The highest BCUT2D eigenvalue weighted by Gasteiger charge is 2.33. The maximum atomic E-state index is 13.2. The van der Waals surface area contributed by atoms with E-state index in [1.165, 1.54) is 29.8 Å². The van der Waals surface area contributed by atoms with Gasteiger partial charge in [-0.2, -0.15) is 0 Å². The minimum absolute atomic E-state index is 0.160. The van der Waals surface area contributed by atoms with Crippen LogP contribution in [0.5, 0.6) is 0 Å². The van der Waals surface area contributed by atoms with Crippen LogP contribution in [0.4, 0.5) is 0 Å². The van der Waals surface area contributed by atoms with E-state index in [1.807, 2.05) is 53.5 Å². The van der Waals surface area contributed by atoms with Crippen LogP contribution >= 0.6 is 22.7 Å². The van der Waals surface area contributed by atoms with Gasteiger partial charge < -0.3 is 9.30 Å². The van der Waals surface area contributed by atoms with E-state index >= 15 is 0 Å². The third kappa shape index (κ3) is 2.90. The van der Waals surface area contributed by atoms with Crippen LogP contribution in [0.15, 0.2) is 56.9 Å². The van der Waals surface area contributed by atoms with E-state index < -0.39 is 12.0 Å². The highest BCUT2D eigenvalue weighted by Crippen LogP contribution is 2.32. The summed E-state index contributed by atoms with van der Waals surface area (Å²) in [5.74, 6) is -0.466. The highest BCUT2D eigenvalue weighted by molar-refractivity contribution is 7.10. The number of rotatable bonds is 3. The van der Waals surface area contributed by atoms with Crippen molar-refractivity contribution in [3.05, 3.63) is 77.4 Å². The summed E-state index contributed by atoms with van der Waals surface area (Å²) in [6.07, 6.45) is 3.78. The lowest BCUT2D eigenvalue weighted by molar-refractivity contribution is -0.136. The zero-order valence-electron chi connectivity index (χ0n) is 15.0. The molecule has 3 aromatic rings. The zero-order valence-corrected chi connectivity index (χ0v) is 16.6. The van der Waals surface area contributed by atoms with E-state index in [4.69, 9.17) is 4.74 Å². The van der Waals surface area contributed by atoms with Gasteiger partial charge in [-0.1, -0.05) is 17.4 Å². The average molecular weight is 399 g/mol. The fourth-order valence-electron chi connectivity index (χ4n) is 3.17. The third-order valence-electron chi connectivity index (χ3n) is 4.50. The Kier molecular flexibility index (Phi) is 4.45. The molecule has 1 atom stereocenters. The minimum atomic E-state index is -0.524. The van der Waals surface area contributed by atoms with E-state index in [0.29, 0.717) is 20.6 Å². The van der Waals surface area contributed by atoms with Gasteiger partial charge in [0.25, 0.3) is 5.56 Å². The number of hydrogen-bond donors (Lipinski definition) is 0. The number of carbonyl (C=O) groups excluding carboxylic acids is 1. The van der Waals surface area contributed by atoms with Gasteiger partial charge >= 0.3 is 5.97 Å². The molecule has 0 aromatic carbocycles. The van der Waals surface area contributed by atoms with Crippen molar-refractivity contribution in [1.29, 1.82) is 0 Å². The normalized spacial score (nSPS) is 17.0. The van der Waals surface area contributed by atoms with Crippen molar-refractivity contribution in [2.24, 2.45) is 12.0 Å². The van der Waals surface area contributed by atoms with Crippen molar-refractivity contribution < 1.29 is 9.53 Å². The first-order chi connectivity index (χ1) is 13.0. The number of allylic oxidation sites excluding steroid dienone is 1. The van der Waals surface area contributed by atoms with Crippen LogP contribution in [0.1, 0.15) is 23.5 Å². The zero-order chi connectivity index (χ0) is 19.1. The number of thiophene rings is 1. The molecule has 8 heteroatoms. The first-order valence-corrected chi connectivity index (χ1v) is 9.96. The Bertz CT molecular complexity index is 1230. The summed E-state index contributed by atoms with van der Waals surface area (Å²) in [5, 5.41) is 1.93. The van der Waals surface area contributed by atoms with Gasteiger partial charge in [0.15, 0.2) is 4.80 Å². The number of methoxy groups -OCH3 is 1. The van der Waals surface area contributed by atoms with Crippen LogP contribution < -0.4 is 14.9 Å². The molecule has 1 aliphatic heterocycles. The van der Waals surface area contributed by atoms with Gasteiger partial charge in [0.2, 0.25) is 0 Å². The number of nitrogens with zero attached hydrogens (tertiary/aromatic N) is 3. The summed E-state index contributed by atoms with van der Waals surface area (Å²) in [6, 6.07) is 7.18. The predicted molar refractivity (Wildman–Crippen MR) is 106 cm³/mol. The molecule has 0 radical (unpaired) electrons. The Morgan fingerprint density at radius 3 is 2.78 bits per heavy atom. The summed E-state index contributed by atoms with van der Waals surface area (Å²) >= 11 is 2.83. The highest BCUT2D eigenvalue weighted by atomic mass is 32.1. The Labute approximate surface area is 163 Å². The molecule has 0 saturated carbocycles. The molecular formula is C19H17N3O3S2. The van der Waals surface area contributed by atoms with E-state index in [1.54, 1.807) is 11.5 Å². The van der Waals surface area contributed by atoms with E-state index in [0.717, 1.165) is 10.6 Å². The Balaban J connectivity index is 2.00. The molecule has 27 heavy (non-hydrogen) atoms. The lowest BCUT2D eigenvalue weighted by Crippen LogP contribution is -2.39. The number of hydrogen-bond acceptors (Lipinski definition) is 6. The molecule has 0 fully saturated rings. The van der Waals surface area contributed by atoms with E-state index in [-0.39, 0.29) is 5.56 Å². The van der Waals surface area contributed by atoms with Crippen LogP contribution in [-0.2, 0) is 16.6 Å². The summed E-state index contributed by atoms with van der Waals surface area (Å²) in [6.45, 7) is 1.78. The van der Waals surface area contributed by atoms with Gasteiger partial charge in [-0.25, -0.2) is 9.79 Å². The fraction of sp³-hybridized carbons (Fsp3) is 0.211. The molecule has 4 rings (SSSR count). The second-order valence-electron chi connectivity index (χ2n) is 6.13. The molecular weight excluding hydrogens is 382 g/mol.